The van der Waals surface area contributed by atoms with E-state index < -0.39 is 0 Å². The Balaban J connectivity index is 1.64. The molecule has 0 saturated heterocycles. The summed E-state index contributed by atoms with van der Waals surface area (Å²) in [5, 5.41) is 4.02. The fourth-order valence-corrected chi connectivity index (χ4v) is 7.12. The highest BCUT2D eigenvalue weighted by Gasteiger charge is 2.58. The third kappa shape index (κ3) is 2.40. The van der Waals surface area contributed by atoms with Crippen LogP contribution in [0.2, 0.25) is 0 Å². The molecule has 5 aliphatic rings. The topological polar surface area (TPSA) is 12.0 Å². The average molecular weight is 287 g/mol. The standard InChI is InChI=1S/C20H33N/c1-3-8-21-18(17-6-4-5-7-17)20-12-15-9-16(13-20)11-19(2,10-15)14-20/h6,15-16,18,21H,3-5,7-14H2,1-2H3. The quantitative estimate of drug-likeness (QED) is 0.696. The Morgan fingerprint density at radius 3 is 2.57 bits per heavy atom. The van der Waals surface area contributed by atoms with Crippen LogP contribution in [-0.4, -0.2) is 12.6 Å². The van der Waals surface area contributed by atoms with Crippen LogP contribution in [0.5, 0.6) is 0 Å². The molecule has 0 aromatic carbocycles. The van der Waals surface area contributed by atoms with Crippen LogP contribution in [0.1, 0.15) is 78.1 Å². The van der Waals surface area contributed by atoms with Crippen molar-refractivity contribution < 1.29 is 0 Å². The molecule has 3 atom stereocenters. The van der Waals surface area contributed by atoms with Crippen molar-refractivity contribution in [1.29, 1.82) is 0 Å². The van der Waals surface area contributed by atoms with Crippen molar-refractivity contribution in [3.63, 3.8) is 0 Å². The summed E-state index contributed by atoms with van der Waals surface area (Å²) in [6, 6.07) is 0.713. The lowest BCUT2D eigenvalue weighted by Crippen LogP contribution is -2.59. The van der Waals surface area contributed by atoms with Gasteiger partial charge in [0, 0.05) is 6.04 Å². The van der Waals surface area contributed by atoms with Gasteiger partial charge in [-0.15, -0.1) is 0 Å². The summed E-state index contributed by atoms with van der Waals surface area (Å²) in [6.45, 7) is 6.13. The molecule has 4 saturated carbocycles. The highest BCUT2D eigenvalue weighted by Crippen LogP contribution is 2.66. The molecule has 0 aromatic rings. The Morgan fingerprint density at radius 1 is 1.24 bits per heavy atom. The van der Waals surface area contributed by atoms with Gasteiger partial charge in [0.25, 0.3) is 0 Å². The van der Waals surface area contributed by atoms with Crippen LogP contribution < -0.4 is 5.32 Å². The molecule has 0 aromatic heterocycles. The van der Waals surface area contributed by atoms with Gasteiger partial charge in [0.1, 0.15) is 0 Å². The normalized spacial score (nSPS) is 45.9. The van der Waals surface area contributed by atoms with E-state index in [0.717, 1.165) is 11.8 Å². The molecule has 0 amide bonds. The Hall–Kier alpha value is -0.300. The summed E-state index contributed by atoms with van der Waals surface area (Å²) in [5.41, 5.74) is 3.08. The van der Waals surface area contributed by atoms with E-state index in [-0.39, 0.29) is 0 Å². The molecule has 0 aliphatic heterocycles. The third-order valence-electron chi connectivity index (χ3n) is 7.06. The zero-order chi connectivity index (χ0) is 14.5. The van der Waals surface area contributed by atoms with Crippen molar-refractivity contribution >= 4 is 0 Å². The first kappa shape index (κ1) is 14.3. The fourth-order valence-electron chi connectivity index (χ4n) is 7.12. The molecule has 4 bridgehead atoms. The summed E-state index contributed by atoms with van der Waals surface area (Å²) in [5.74, 6) is 2.09. The number of allylic oxidation sites excluding steroid dienone is 1. The second kappa shape index (κ2) is 5.11. The molecular formula is C20H33N. The minimum absolute atomic E-state index is 0.615. The molecule has 21 heavy (non-hydrogen) atoms. The lowest BCUT2D eigenvalue weighted by Gasteiger charge is -2.64. The average Bonchev–Trinajstić information content (AvgIpc) is 2.89. The summed E-state index contributed by atoms with van der Waals surface area (Å²) < 4.78 is 0. The van der Waals surface area contributed by atoms with E-state index in [1.165, 1.54) is 64.3 Å². The molecule has 0 spiro atoms. The fraction of sp³-hybridized carbons (Fsp3) is 0.900. The van der Waals surface area contributed by atoms with Gasteiger partial charge in [-0.25, -0.2) is 0 Å². The zero-order valence-electron chi connectivity index (χ0n) is 14.1. The van der Waals surface area contributed by atoms with Crippen molar-refractivity contribution in [2.45, 2.75) is 84.1 Å². The Morgan fingerprint density at radius 2 is 2.00 bits per heavy atom. The largest absolute Gasteiger partial charge is 0.310 e. The Bertz CT molecular complexity index is 421. The summed E-state index contributed by atoms with van der Waals surface area (Å²) >= 11 is 0. The monoisotopic (exact) mass is 287 g/mol. The highest BCUT2D eigenvalue weighted by atomic mass is 14.9. The molecule has 1 nitrogen and oxygen atoms in total. The van der Waals surface area contributed by atoms with Gasteiger partial charge in [0.05, 0.1) is 0 Å². The van der Waals surface area contributed by atoms with Crippen LogP contribution >= 0.6 is 0 Å². The maximum atomic E-state index is 4.02. The molecule has 3 unspecified atom stereocenters. The molecule has 5 rings (SSSR count). The van der Waals surface area contributed by atoms with Crippen LogP contribution in [0, 0.1) is 22.7 Å². The van der Waals surface area contributed by atoms with E-state index in [2.05, 4.69) is 25.2 Å². The first-order valence-electron chi connectivity index (χ1n) is 9.55. The van der Waals surface area contributed by atoms with Crippen LogP contribution in [-0.2, 0) is 0 Å². The van der Waals surface area contributed by atoms with E-state index >= 15 is 0 Å². The molecule has 0 radical (unpaired) electrons. The summed E-state index contributed by atoms with van der Waals surface area (Å²) in [7, 11) is 0. The van der Waals surface area contributed by atoms with E-state index in [0.29, 0.717) is 16.9 Å². The van der Waals surface area contributed by atoms with Gasteiger partial charge in [-0.3, -0.25) is 0 Å². The van der Waals surface area contributed by atoms with Crippen LogP contribution in [0.4, 0.5) is 0 Å². The molecule has 0 heterocycles. The lowest BCUT2D eigenvalue weighted by molar-refractivity contribution is -0.113. The van der Waals surface area contributed by atoms with Crippen LogP contribution in [0.25, 0.3) is 0 Å². The third-order valence-corrected chi connectivity index (χ3v) is 7.06. The molecular weight excluding hydrogens is 254 g/mol. The number of hydrogen-bond donors (Lipinski definition) is 1. The summed E-state index contributed by atoms with van der Waals surface area (Å²) in [6.07, 6.45) is 17.1. The van der Waals surface area contributed by atoms with Crippen molar-refractivity contribution in [3.8, 4) is 0 Å². The molecule has 5 aliphatic carbocycles. The zero-order valence-corrected chi connectivity index (χ0v) is 14.1. The van der Waals surface area contributed by atoms with Crippen molar-refractivity contribution in [3.05, 3.63) is 11.6 Å². The summed E-state index contributed by atoms with van der Waals surface area (Å²) in [4.78, 5) is 0. The molecule has 4 fully saturated rings. The first-order chi connectivity index (χ1) is 10.1. The number of nitrogens with one attached hydrogen (secondary N) is 1. The minimum atomic E-state index is 0.615. The van der Waals surface area contributed by atoms with Gasteiger partial charge in [0.2, 0.25) is 0 Å². The van der Waals surface area contributed by atoms with Gasteiger partial charge >= 0.3 is 0 Å². The van der Waals surface area contributed by atoms with Crippen LogP contribution in [0.3, 0.4) is 0 Å². The van der Waals surface area contributed by atoms with Gasteiger partial charge in [-0.2, -0.15) is 0 Å². The Kier molecular flexibility index (Phi) is 3.48. The predicted octanol–water partition coefficient (Wildman–Crippen LogP) is 5.07. The van der Waals surface area contributed by atoms with Gasteiger partial charge in [-0.05, 0) is 93.4 Å². The smallest absolute Gasteiger partial charge is 0.0336 e. The molecule has 1 heteroatoms. The maximum Gasteiger partial charge on any atom is 0.0336 e. The maximum absolute atomic E-state index is 4.02. The second-order valence-corrected chi connectivity index (χ2v) is 9.19. The molecule has 118 valence electrons. The SMILES string of the molecule is CCCNC(C1=CCCC1)C12CC3CC(CC(C)(C3)C1)C2. The highest BCUT2D eigenvalue weighted by molar-refractivity contribution is 5.23. The van der Waals surface area contributed by atoms with E-state index in [1.54, 1.807) is 12.0 Å². The van der Waals surface area contributed by atoms with E-state index in [4.69, 9.17) is 0 Å². The van der Waals surface area contributed by atoms with Gasteiger partial charge in [-0.1, -0.05) is 25.5 Å². The Labute approximate surface area is 131 Å². The molecule has 1 N–H and O–H groups in total. The lowest BCUT2D eigenvalue weighted by atomic mass is 9.42. The van der Waals surface area contributed by atoms with Gasteiger partial charge < -0.3 is 5.32 Å². The van der Waals surface area contributed by atoms with Crippen molar-refractivity contribution in [1.82, 2.24) is 5.32 Å². The van der Waals surface area contributed by atoms with Crippen molar-refractivity contribution in [2.24, 2.45) is 22.7 Å². The van der Waals surface area contributed by atoms with E-state index in [1.807, 2.05) is 0 Å². The number of rotatable bonds is 5. The van der Waals surface area contributed by atoms with Crippen molar-refractivity contribution in [2.75, 3.05) is 6.54 Å². The minimum Gasteiger partial charge on any atom is -0.310 e. The van der Waals surface area contributed by atoms with E-state index in [9.17, 15) is 0 Å². The van der Waals surface area contributed by atoms with Gasteiger partial charge in [0.15, 0.2) is 0 Å². The van der Waals surface area contributed by atoms with Crippen LogP contribution in [0.15, 0.2) is 11.6 Å². The second-order valence-electron chi connectivity index (χ2n) is 9.19. The number of hydrogen-bond acceptors (Lipinski definition) is 1. The first-order valence-corrected chi connectivity index (χ1v) is 9.55. The predicted molar refractivity (Wildman–Crippen MR) is 89.2 cm³/mol.